The van der Waals surface area contributed by atoms with E-state index in [2.05, 4.69) is 10.3 Å². The lowest BCUT2D eigenvalue weighted by Gasteiger charge is -2.04. The van der Waals surface area contributed by atoms with E-state index in [9.17, 15) is 4.39 Å². The van der Waals surface area contributed by atoms with Gasteiger partial charge in [-0.3, -0.25) is 0 Å². The van der Waals surface area contributed by atoms with E-state index >= 15 is 0 Å². The molecule has 1 saturated carbocycles. The van der Waals surface area contributed by atoms with Crippen molar-refractivity contribution in [3.05, 3.63) is 60.0 Å². The van der Waals surface area contributed by atoms with Crippen molar-refractivity contribution in [2.45, 2.75) is 18.4 Å². The SMILES string of the molecule is Fc1cccc([C@@H]2C[C@H]2Nc2ccccn2)c1. The quantitative estimate of drug-likeness (QED) is 0.872. The van der Waals surface area contributed by atoms with Crippen molar-refractivity contribution in [3.8, 4) is 0 Å². The summed E-state index contributed by atoms with van der Waals surface area (Å²) in [7, 11) is 0. The van der Waals surface area contributed by atoms with Crippen LogP contribution in [0.1, 0.15) is 17.9 Å². The fourth-order valence-electron chi connectivity index (χ4n) is 2.10. The lowest BCUT2D eigenvalue weighted by Crippen LogP contribution is -2.05. The van der Waals surface area contributed by atoms with Gasteiger partial charge in [-0.05, 0) is 36.2 Å². The van der Waals surface area contributed by atoms with Crippen LogP contribution in [0.4, 0.5) is 10.2 Å². The zero-order valence-electron chi connectivity index (χ0n) is 9.31. The van der Waals surface area contributed by atoms with Crippen LogP contribution in [0, 0.1) is 5.82 Å². The zero-order chi connectivity index (χ0) is 11.7. The molecular weight excluding hydrogens is 215 g/mol. The van der Waals surface area contributed by atoms with E-state index in [0.29, 0.717) is 12.0 Å². The molecule has 1 heterocycles. The maximum Gasteiger partial charge on any atom is 0.126 e. The number of halogens is 1. The Balaban J connectivity index is 1.67. The van der Waals surface area contributed by atoms with Gasteiger partial charge in [-0.2, -0.15) is 0 Å². The molecule has 1 aromatic carbocycles. The van der Waals surface area contributed by atoms with Crippen LogP contribution in [-0.4, -0.2) is 11.0 Å². The molecule has 1 aliphatic rings. The molecule has 1 aromatic heterocycles. The van der Waals surface area contributed by atoms with Gasteiger partial charge in [0.2, 0.25) is 0 Å². The predicted molar refractivity (Wildman–Crippen MR) is 65.4 cm³/mol. The summed E-state index contributed by atoms with van der Waals surface area (Å²) >= 11 is 0. The predicted octanol–water partition coefficient (Wildman–Crippen LogP) is 3.19. The molecule has 3 rings (SSSR count). The maximum absolute atomic E-state index is 13.1. The summed E-state index contributed by atoms with van der Waals surface area (Å²) in [6, 6.07) is 13.0. The molecule has 3 heteroatoms. The minimum atomic E-state index is -0.161. The summed E-state index contributed by atoms with van der Waals surface area (Å²) in [5, 5.41) is 3.35. The van der Waals surface area contributed by atoms with E-state index < -0.39 is 0 Å². The van der Waals surface area contributed by atoms with E-state index in [1.807, 2.05) is 24.3 Å². The number of nitrogens with one attached hydrogen (secondary N) is 1. The third-order valence-electron chi connectivity index (χ3n) is 3.07. The van der Waals surface area contributed by atoms with Gasteiger partial charge in [0.15, 0.2) is 0 Å². The lowest BCUT2D eigenvalue weighted by atomic mass is 10.1. The summed E-state index contributed by atoms with van der Waals surface area (Å²) in [4.78, 5) is 4.22. The average Bonchev–Trinajstić information content (AvgIpc) is 3.10. The summed E-state index contributed by atoms with van der Waals surface area (Å²) in [5.74, 6) is 1.13. The van der Waals surface area contributed by atoms with Crippen LogP contribution in [0.15, 0.2) is 48.7 Å². The highest BCUT2D eigenvalue weighted by atomic mass is 19.1. The minimum Gasteiger partial charge on any atom is -0.367 e. The fourth-order valence-corrected chi connectivity index (χ4v) is 2.10. The lowest BCUT2D eigenvalue weighted by molar-refractivity contribution is 0.625. The van der Waals surface area contributed by atoms with Gasteiger partial charge in [0.25, 0.3) is 0 Å². The van der Waals surface area contributed by atoms with Crippen molar-refractivity contribution >= 4 is 5.82 Å². The number of hydrogen-bond acceptors (Lipinski definition) is 2. The molecular formula is C14H13FN2. The van der Waals surface area contributed by atoms with Crippen LogP contribution in [-0.2, 0) is 0 Å². The molecule has 17 heavy (non-hydrogen) atoms. The first kappa shape index (κ1) is 10.3. The molecule has 2 nitrogen and oxygen atoms in total. The monoisotopic (exact) mass is 228 g/mol. The number of rotatable bonds is 3. The molecule has 0 unspecified atom stereocenters. The first-order valence-electron chi connectivity index (χ1n) is 5.76. The zero-order valence-corrected chi connectivity index (χ0v) is 9.31. The van der Waals surface area contributed by atoms with Gasteiger partial charge < -0.3 is 5.32 Å². The van der Waals surface area contributed by atoms with E-state index in [1.54, 1.807) is 18.3 Å². The van der Waals surface area contributed by atoms with Crippen molar-refractivity contribution in [2.24, 2.45) is 0 Å². The number of hydrogen-bond donors (Lipinski definition) is 1. The summed E-state index contributed by atoms with van der Waals surface area (Å²) in [6.45, 7) is 0. The summed E-state index contributed by atoms with van der Waals surface area (Å²) in [5.41, 5.74) is 1.07. The largest absolute Gasteiger partial charge is 0.367 e. The smallest absolute Gasteiger partial charge is 0.126 e. The Hall–Kier alpha value is -1.90. The van der Waals surface area contributed by atoms with Crippen molar-refractivity contribution in [1.29, 1.82) is 0 Å². The Kier molecular flexibility index (Phi) is 2.52. The van der Waals surface area contributed by atoms with Crippen molar-refractivity contribution in [1.82, 2.24) is 4.98 Å². The molecule has 2 aromatic rings. The standard InChI is InChI=1S/C14H13FN2/c15-11-5-3-4-10(8-11)12-9-13(12)17-14-6-1-2-7-16-14/h1-8,12-13H,9H2,(H,16,17)/t12-,13+/m0/s1. The highest BCUT2D eigenvalue weighted by Gasteiger charge is 2.38. The second-order valence-corrected chi connectivity index (χ2v) is 4.36. The summed E-state index contributed by atoms with van der Waals surface area (Å²) in [6.07, 6.45) is 2.81. The number of anilines is 1. The molecule has 0 aliphatic heterocycles. The van der Waals surface area contributed by atoms with E-state index in [0.717, 1.165) is 17.8 Å². The Morgan fingerprint density at radius 2 is 2.12 bits per heavy atom. The Labute approximate surface area is 99.5 Å². The molecule has 0 bridgehead atoms. The molecule has 1 fully saturated rings. The van der Waals surface area contributed by atoms with Gasteiger partial charge in [-0.15, -0.1) is 0 Å². The van der Waals surface area contributed by atoms with Gasteiger partial charge in [0, 0.05) is 18.2 Å². The van der Waals surface area contributed by atoms with Gasteiger partial charge in [-0.25, -0.2) is 9.37 Å². The molecule has 0 radical (unpaired) electrons. The Bertz CT molecular complexity index is 513. The van der Waals surface area contributed by atoms with Gasteiger partial charge in [0.05, 0.1) is 0 Å². The molecule has 0 spiro atoms. The molecule has 1 N–H and O–H groups in total. The maximum atomic E-state index is 13.1. The minimum absolute atomic E-state index is 0.161. The van der Waals surface area contributed by atoms with E-state index in [-0.39, 0.29) is 5.82 Å². The molecule has 1 aliphatic carbocycles. The van der Waals surface area contributed by atoms with E-state index in [4.69, 9.17) is 0 Å². The van der Waals surface area contributed by atoms with Crippen LogP contribution < -0.4 is 5.32 Å². The Morgan fingerprint density at radius 3 is 2.88 bits per heavy atom. The normalized spacial score (nSPS) is 22.2. The van der Waals surface area contributed by atoms with E-state index in [1.165, 1.54) is 6.07 Å². The van der Waals surface area contributed by atoms with Crippen LogP contribution in [0.3, 0.4) is 0 Å². The van der Waals surface area contributed by atoms with Gasteiger partial charge >= 0.3 is 0 Å². The number of aromatic nitrogens is 1. The number of pyridine rings is 1. The van der Waals surface area contributed by atoms with Crippen molar-refractivity contribution in [2.75, 3.05) is 5.32 Å². The Morgan fingerprint density at radius 1 is 1.18 bits per heavy atom. The van der Waals surface area contributed by atoms with Gasteiger partial charge in [-0.1, -0.05) is 18.2 Å². The third kappa shape index (κ3) is 2.28. The van der Waals surface area contributed by atoms with Crippen LogP contribution in [0.5, 0.6) is 0 Å². The first-order valence-corrected chi connectivity index (χ1v) is 5.76. The fraction of sp³-hybridized carbons (Fsp3) is 0.214. The first-order chi connectivity index (χ1) is 8.33. The topological polar surface area (TPSA) is 24.9 Å². The van der Waals surface area contributed by atoms with Crippen LogP contribution >= 0.6 is 0 Å². The summed E-state index contributed by atoms with van der Waals surface area (Å²) < 4.78 is 13.1. The number of nitrogens with zero attached hydrogens (tertiary/aromatic N) is 1. The van der Waals surface area contributed by atoms with Crippen LogP contribution in [0.2, 0.25) is 0 Å². The average molecular weight is 228 g/mol. The number of benzene rings is 1. The van der Waals surface area contributed by atoms with Crippen molar-refractivity contribution in [3.63, 3.8) is 0 Å². The molecule has 2 atom stereocenters. The highest BCUT2D eigenvalue weighted by Crippen LogP contribution is 2.42. The molecule has 0 saturated heterocycles. The molecule has 86 valence electrons. The highest BCUT2D eigenvalue weighted by molar-refractivity contribution is 5.41. The molecule has 0 amide bonds. The second kappa shape index (κ2) is 4.17. The van der Waals surface area contributed by atoms with Crippen LogP contribution in [0.25, 0.3) is 0 Å². The second-order valence-electron chi connectivity index (χ2n) is 4.36. The van der Waals surface area contributed by atoms with Gasteiger partial charge in [0.1, 0.15) is 11.6 Å². The third-order valence-corrected chi connectivity index (χ3v) is 3.07. The van der Waals surface area contributed by atoms with Crippen molar-refractivity contribution < 1.29 is 4.39 Å².